The highest BCUT2D eigenvalue weighted by Gasteiger charge is 2.25. The zero-order valence-electron chi connectivity index (χ0n) is 9.06. The number of hydrogen-bond donors (Lipinski definition) is 1. The van der Waals surface area contributed by atoms with E-state index in [4.69, 9.17) is 10.5 Å². The summed E-state index contributed by atoms with van der Waals surface area (Å²) in [5.74, 6) is -0.455. The molecular weight excluding hydrogens is 238 g/mol. The largest absolute Gasteiger partial charge is 0.398 e. The number of anilines is 1. The molecule has 0 radical (unpaired) electrons. The Morgan fingerprint density at radius 3 is 2.53 bits per heavy atom. The molecule has 1 rings (SSSR count). The average molecular weight is 251 g/mol. The minimum Gasteiger partial charge on any atom is -0.398 e. The number of halogens is 4. The van der Waals surface area contributed by atoms with Crippen molar-refractivity contribution in [2.75, 3.05) is 12.3 Å². The SMILES string of the molecule is Nc1cc(F)ccc1COCCCC(F)(F)F. The normalized spacial score (nSPS) is 11.8. The maximum Gasteiger partial charge on any atom is 0.389 e. The van der Waals surface area contributed by atoms with Gasteiger partial charge < -0.3 is 10.5 Å². The maximum atomic E-state index is 12.7. The first-order chi connectivity index (χ1) is 7.88. The second-order valence-electron chi connectivity index (χ2n) is 3.61. The summed E-state index contributed by atoms with van der Waals surface area (Å²) in [5, 5.41) is 0. The van der Waals surface area contributed by atoms with Gasteiger partial charge in [0.2, 0.25) is 0 Å². The van der Waals surface area contributed by atoms with Crippen LogP contribution in [0.25, 0.3) is 0 Å². The van der Waals surface area contributed by atoms with Gasteiger partial charge in [-0.1, -0.05) is 6.07 Å². The van der Waals surface area contributed by atoms with E-state index in [1.54, 1.807) is 0 Å². The third kappa shape index (κ3) is 5.53. The molecular formula is C11H13F4NO. The first-order valence-electron chi connectivity index (χ1n) is 5.07. The van der Waals surface area contributed by atoms with Gasteiger partial charge in [-0.2, -0.15) is 13.2 Å². The summed E-state index contributed by atoms with van der Waals surface area (Å²) < 4.78 is 53.1. The Kier molecular flexibility index (Phi) is 4.74. The number of hydrogen-bond acceptors (Lipinski definition) is 2. The molecule has 0 aliphatic heterocycles. The monoisotopic (exact) mass is 251 g/mol. The topological polar surface area (TPSA) is 35.2 Å². The molecule has 0 heterocycles. The molecule has 0 unspecified atom stereocenters. The molecule has 17 heavy (non-hydrogen) atoms. The Morgan fingerprint density at radius 2 is 1.94 bits per heavy atom. The van der Waals surface area contributed by atoms with Gasteiger partial charge in [-0.25, -0.2) is 4.39 Å². The van der Waals surface area contributed by atoms with E-state index in [0.29, 0.717) is 5.56 Å². The van der Waals surface area contributed by atoms with E-state index in [9.17, 15) is 17.6 Å². The van der Waals surface area contributed by atoms with Crippen LogP contribution in [0, 0.1) is 5.82 Å². The highest BCUT2D eigenvalue weighted by molar-refractivity contribution is 5.46. The predicted octanol–water partition coefficient (Wildman–Crippen LogP) is 3.27. The zero-order chi connectivity index (χ0) is 12.9. The highest BCUT2D eigenvalue weighted by atomic mass is 19.4. The smallest absolute Gasteiger partial charge is 0.389 e. The molecule has 0 aromatic heterocycles. The van der Waals surface area contributed by atoms with E-state index >= 15 is 0 Å². The fraction of sp³-hybridized carbons (Fsp3) is 0.455. The highest BCUT2D eigenvalue weighted by Crippen LogP contribution is 2.21. The second-order valence-corrected chi connectivity index (χ2v) is 3.61. The molecule has 0 atom stereocenters. The predicted molar refractivity (Wildman–Crippen MR) is 55.8 cm³/mol. The summed E-state index contributed by atoms with van der Waals surface area (Å²) in [6, 6.07) is 3.83. The third-order valence-corrected chi connectivity index (χ3v) is 2.11. The number of nitrogen functional groups attached to an aromatic ring is 1. The summed E-state index contributed by atoms with van der Waals surface area (Å²) in [6.07, 6.45) is -5.12. The number of rotatable bonds is 5. The van der Waals surface area contributed by atoms with Crippen LogP contribution in [0.3, 0.4) is 0 Å². The first kappa shape index (κ1) is 13.8. The Balaban J connectivity index is 2.27. The van der Waals surface area contributed by atoms with Crippen LogP contribution in [-0.2, 0) is 11.3 Å². The van der Waals surface area contributed by atoms with Crippen molar-refractivity contribution in [3.8, 4) is 0 Å². The molecule has 0 spiro atoms. The van der Waals surface area contributed by atoms with Crippen molar-refractivity contribution in [3.05, 3.63) is 29.6 Å². The molecule has 0 bridgehead atoms. The fourth-order valence-corrected chi connectivity index (χ4v) is 1.25. The number of ether oxygens (including phenoxy) is 1. The fourth-order valence-electron chi connectivity index (χ4n) is 1.25. The van der Waals surface area contributed by atoms with Crippen LogP contribution >= 0.6 is 0 Å². The molecule has 0 saturated heterocycles. The van der Waals surface area contributed by atoms with Crippen molar-refractivity contribution >= 4 is 5.69 Å². The lowest BCUT2D eigenvalue weighted by Gasteiger charge is -2.08. The molecule has 0 saturated carbocycles. The lowest BCUT2D eigenvalue weighted by Crippen LogP contribution is -2.09. The Morgan fingerprint density at radius 1 is 1.24 bits per heavy atom. The number of alkyl halides is 3. The van der Waals surface area contributed by atoms with Crippen molar-refractivity contribution < 1.29 is 22.3 Å². The van der Waals surface area contributed by atoms with Crippen LogP contribution in [0.5, 0.6) is 0 Å². The standard InChI is InChI=1S/C11H13F4NO/c12-9-3-2-8(10(16)6-9)7-17-5-1-4-11(13,14)15/h2-3,6H,1,4-5,7,16H2. The van der Waals surface area contributed by atoms with E-state index in [1.807, 2.05) is 0 Å². The molecule has 6 heteroatoms. The Labute approximate surface area is 96.4 Å². The van der Waals surface area contributed by atoms with Gasteiger partial charge in [0.25, 0.3) is 0 Å². The molecule has 0 fully saturated rings. The minimum atomic E-state index is -4.15. The summed E-state index contributed by atoms with van der Waals surface area (Å²) in [4.78, 5) is 0. The molecule has 96 valence electrons. The van der Waals surface area contributed by atoms with Crippen molar-refractivity contribution in [1.29, 1.82) is 0 Å². The lowest BCUT2D eigenvalue weighted by molar-refractivity contribution is -0.138. The zero-order valence-corrected chi connectivity index (χ0v) is 9.06. The Bertz CT molecular complexity index is 365. The van der Waals surface area contributed by atoms with E-state index < -0.39 is 18.4 Å². The van der Waals surface area contributed by atoms with Gasteiger partial charge in [0, 0.05) is 24.3 Å². The van der Waals surface area contributed by atoms with Crippen LogP contribution in [-0.4, -0.2) is 12.8 Å². The van der Waals surface area contributed by atoms with Crippen molar-refractivity contribution in [2.45, 2.75) is 25.6 Å². The quantitative estimate of drug-likeness (QED) is 0.495. The molecule has 1 aromatic rings. The van der Waals surface area contributed by atoms with Gasteiger partial charge in [-0.3, -0.25) is 0 Å². The second kappa shape index (κ2) is 5.86. The van der Waals surface area contributed by atoms with Crippen LogP contribution in [0.1, 0.15) is 18.4 Å². The van der Waals surface area contributed by atoms with Gasteiger partial charge in [-0.15, -0.1) is 0 Å². The molecule has 0 aliphatic carbocycles. The van der Waals surface area contributed by atoms with E-state index in [2.05, 4.69) is 0 Å². The van der Waals surface area contributed by atoms with E-state index in [0.717, 1.165) is 6.07 Å². The van der Waals surface area contributed by atoms with E-state index in [-0.39, 0.29) is 25.3 Å². The van der Waals surface area contributed by atoms with Gasteiger partial charge >= 0.3 is 6.18 Å². The molecule has 0 amide bonds. The van der Waals surface area contributed by atoms with Gasteiger partial charge in [0.15, 0.2) is 0 Å². The van der Waals surface area contributed by atoms with Crippen LogP contribution in [0.4, 0.5) is 23.2 Å². The first-order valence-corrected chi connectivity index (χ1v) is 5.07. The van der Waals surface area contributed by atoms with E-state index in [1.165, 1.54) is 12.1 Å². The third-order valence-electron chi connectivity index (χ3n) is 2.11. The summed E-state index contributed by atoms with van der Waals surface area (Å²) in [5.41, 5.74) is 6.31. The summed E-state index contributed by atoms with van der Waals surface area (Å²) >= 11 is 0. The van der Waals surface area contributed by atoms with Crippen LogP contribution < -0.4 is 5.73 Å². The van der Waals surface area contributed by atoms with Gasteiger partial charge in [0.05, 0.1) is 6.61 Å². The van der Waals surface area contributed by atoms with Crippen LogP contribution in [0.2, 0.25) is 0 Å². The van der Waals surface area contributed by atoms with Crippen molar-refractivity contribution in [3.63, 3.8) is 0 Å². The molecule has 0 aliphatic rings. The summed E-state index contributed by atoms with van der Waals surface area (Å²) in [7, 11) is 0. The van der Waals surface area contributed by atoms with Crippen molar-refractivity contribution in [2.24, 2.45) is 0 Å². The van der Waals surface area contributed by atoms with Crippen LogP contribution in [0.15, 0.2) is 18.2 Å². The molecule has 2 nitrogen and oxygen atoms in total. The minimum absolute atomic E-state index is 0.00364. The molecule has 1 aromatic carbocycles. The number of benzene rings is 1. The summed E-state index contributed by atoms with van der Waals surface area (Å²) in [6.45, 7) is 0.0836. The van der Waals surface area contributed by atoms with Gasteiger partial charge in [0.1, 0.15) is 5.82 Å². The molecule has 2 N–H and O–H groups in total. The maximum absolute atomic E-state index is 12.7. The van der Waals surface area contributed by atoms with Gasteiger partial charge in [-0.05, 0) is 18.6 Å². The van der Waals surface area contributed by atoms with Crippen molar-refractivity contribution in [1.82, 2.24) is 0 Å². The lowest BCUT2D eigenvalue weighted by atomic mass is 10.2. The number of nitrogens with two attached hydrogens (primary N) is 1. The average Bonchev–Trinajstić information content (AvgIpc) is 2.18. The Hall–Kier alpha value is -1.30.